The first-order valence-electron chi connectivity index (χ1n) is 6.76. The highest BCUT2D eigenvalue weighted by Crippen LogP contribution is 2.27. The van der Waals surface area contributed by atoms with Crippen molar-refractivity contribution < 1.29 is 14.3 Å². The number of halogens is 1. The molecule has 0 bridgehead atoms. The van der Waals surface area contributed by atoms with Gasteiger partial charge in [-0.15, -0.1) is 12.4 Å². The van der Waals surface area contributed by atoms with Crippen molar-refractivity contribution >= 4 is 30.0 Å². The molecule has 21 heavy (non-hydrogen) atoms. The molecule has 116 valence electrons. The van der Waals surface area contributed by atoms with E-state index >= 15 is 0 Å². The Kier molecular flexibility index (Phi) is 6.18. The summed E-state index contributed by atoms with van der Waals surface area (Å²) >= 11 is 0. The first-order valence-corrected chi connectivity index (χ1v) is 6.76. The normalized spacial score (nSPS) is 21.0. The molecule has 5 nitrogen and oxygen atoms in total. The summed E-state index contributed by atoms with van der Waals surface area (Å²) in [6.07, 6.45) is 1.86. The number of benzene rings is 1. The van der Waals surface area contributed by atoms with Gasteiger partial charge < -0.3 is 15.4 Å². The number of esters is 1. The van der Waals surface area contributed by atoms with Crippen molar-refractivity contribution in [3.8, 4) is 0 Å². The summed E-state index contributed by atoms with van der Waals surface area (Å²) in [7, 11) is 1.34. The molecule has 2 N–H and O–H groups in total. The van der Waals surface area contributed by atoms with Crippen LogP contribution < -0.4 is 10.6 Å². The van der Waals surface area contributed by atoms with Crippen molar-refractivity contribution in [1.29, 1.82) is 0 Å². The molecule has 2 rings (SSSR count). The van der Waals surface area contributed by atoms with Gasteiger partial charge in [-0.3, -0.25) is 4.79 Å². The van der Waals surface area contributed by atoms with Gasteiger partial charge in [0.25, 0.3) is 0 Å². The smallest absolute Gasteiger partial charge is 0.337 e. The zero-order valence-corrected chi connectivity index (χ0v) is 13.1. The van der Waals surface area contributed by atoms with Crippen LogP contribution in [0.25, 0.3) is 0 Å². The van der Waals surface area contributed by atoms with Gasteiger partial charge in [-0.2, -0.15) is 0 Å². The molecule has 0 aromatic heterocycles. The molecular formula is C15H21ClN2O3. The summed E-state index contributed by atoms with van der Waals surface area (Å²) in [6.45, 7) is 3.59. The third-order valence-corrected chi connectivity index (χ3v) is 3.69. The van der Waals surface area contributed by atoms with E-state index in [1.165, 1.54) is 7.11 Å². The van der Waals surface area contributed by atoms with Crippen LogP contribution in [-0.4, -0.2) is 32.1 Å². The number of carbonyl (C=O) groups is 2. The standard InChI is InChI=1S/C15H20N2O3.ClH/c1-15(7-4-8-16-10-15)14(19)17-12-6-3-5-11(9-12)13(18)20-2;/h3,5-6,9,16H,4,7-8,10H2,1-2H3,(H,17,19);1H. The lowest BCUT2D eigenvalue weighted by molar-refractivity contribution is -0.125. The third-order valence-electron chi connectivity index (χ3n) is 3.69. The largest absolute Gasteiger partial charge is 0.465 e. The first-order chi connectivity index (χ1) is 9.55. The van der Waals surface area contributed by atoms with Gasteiger partial charge in [0, 0.05) is 12.2 Å². The van der Waals surface area contributed by atoms with Gasteiger partial charge in [-0.25, -0.2) is 4.79 Å². The second kappa shape index (κ2) is 7.43. The Morgan fingerprint density at radius 1 is 1.38 bits per heavy atom. The van der Waals surface area contributed by atoms with Crippen LogP contribution in [0.2, 0.25) is 0 Å². The Labute approximate surface area is 130 Å². The Morgan fingerprint density at radius 3 is 2.76 bits per heavy atom. The van der Waals surface area contributed by atoms with Crippen molar-refractivity contribution in [3.05, 3.63) is 29.8 Å². The quantitative estimate of drug-likeness (QED) is 0.840. The van der Waals surface area contributed by atoms with E-state index in [4.69, 9.17) is 0 Å². The monoisotopic (exact) mass is 312 g/mol. The van der Waals surface area contributed by atoms with Crippen LogP contribution in [0.4, 0.5) is 5.69 Å². The van der Waals surface area contributed by atoms with Crippen molar-refractivity contribution in [2.75, 3.05) is 25.5 Å². The minimum absolute atomic E-state index is 0. The molecule has 1 saturated heterocycles. The predicted octanol–water partition coefficient (Wildman–Crippen LogP) is 2.22. The van der Waals surface area contributed by atoms with Crippen LogP contribution >= 0.6 is 12.4 Å². The van der Waals surface area contributed by atoms with E-state index in [2.05, 4.69) is 15.4 Å². The van der Waals surface area contributed by atoms with Gasteiger partial charge in [-0.05, 0) is 44.5 Å². The molecule has 1 aromatic rings. The molecule has 0 saturated carbocycles. The number of rotatable bonds is 3. The van der Waals surface area contributed by atoms with Crippen LogP contribution in [0.5, 0.6) is 0 Å². The fourth-order valence-corrected chi connectivity index (χ4v) is 2.37. The topological polar surface area (TPSA) is 67.4 Å². The van der Waals surface area contributed by atoms with E-state index in [0.29, 0.717) is 17.8 Å². The van der Waals surface area contributed by atoms with Gasteiger partial charge in [0.15, 0.2) is 0 Å². The third kappa shape index (κ3) is 4.19. The van der Waals surface area contributed by atoms with Crippen LogP contribution in [-0.2, 0) is 9.53 Å². The molecule has 1 aliphatic rings. The van der Waals surface area contributed by atoms with E-state index in [1.807, 2.05) is 6.92 Å². The molecule has 6 heteroatoms. The number of ether oxygens (including phenoxy) is 1. The Hall–Kier alpha value is -1.59. The highest BCUT2D eigenvalue weighted by molar-refractivity contribution is 5.97. The van der Waals surface area contributed by atoms with Gasteiger partial charge >= 0.3 is 5.97 Å². The Bertz CT molecular complexity index is 513. The predicted molar refractivity (Wildman–Crippen MR) is 83.9 cm³/mol. The SMILES string of the molecule is COC(=O)c1cccc(NC(=O)C2(C)CCCNC2)c1.Cl. The fraction of sp³-hybridized carbons (Fsp3) is 0.467. The van der Waals surface area contributed by atoms with E-state index in [0.717, 1.165) is 19.4 Å². The minimum atomic E-state index is -0.411. The lowest BCUT2D eigenvalue weighted by Crippen LogP contribution is -2.46. The van der Waals surface area contributed by atoms with Crippen LogP contribution in [0.15, 0.2) is 24.3 Å². The maximum atomic E-state index is 12.4. The van der Waals surface area contributed by atoms with Crippen molar-refractivity contribution in [2.24, 2.45) is 5.41 Å². The number of anilines is 1. The number of hydrogen-bond donors (Lipinski definition) is 2. The number of carbonyl (C=O) groups excluding carboxylic acids is 2. The fourth-order valence-electron chi connectivity index (χ4n) is 2.37. The van der Waals surface area contributed by atoms with Crippen molar-refractivity contribution in [1.82, 2.24) is 5.32 Å². The average molecular weight is 313 g/mol. The molecule has 1 fully saturated rings. The highest BCUT2D eigenvalue weighted by atomic mass is 35.5. The van der Waals surface area contributed by atoms with Gasteiger partial charge in [0.1, 0.15) is 0 Å². The molecule has 0 spiro atoms. The molecule has 0 aliphatic carbocycles. The number of piperidine rings is 1. The summed E-state index contributed by atoms with van der Waals surface area (Å²) < 4.78 is 4.67. The first kappa shape index (κ1) is 17.5. The number of hydrogen-bond acceptors (Lipinski definition) is 4. The van der Waals surface area contributed by atoms with Crippen LogP contribution in [0.1, 0.15) is 30.1 Å². The Morgan fingerprint density at radius 2 is 2.14 bits per heavy atom. The van der Waals surface area contributed by atoms with Gasteiger partial charge in [0.2, 0.25) is 5.91 Å². The second-order valence-corrected chi connectivity index (χ2v) is 5.37. The summed E-state index contributed by atoms with van der Waals surface area (Å²) in [4.78, 5) is 23.8. The number of nitrogens with one attached hydrogen (secondary N) is 2. The lowest BCUT2D eigenvalue weighted by atomic mass is 9.82. The van der Waals surface area contributed by atoms with E-state index in [9.17, 15) is 9.59 Å². The maximum absolute atomic E-state index is 12.4. The number of amides is 1. The van der Waals surface area contributed by atoms with E-state index in [-0.39, 0.29) is 18.3 Å². The Balaban J connectivity index is 0.00000220. The van der Waals surface area contributed by atoms with Crippen LogP contribution in [0.3, 0.4) is 0 Å². The van der Waals surface area contributed by atoms with Crippen LogP contribution in [0, 0.1) is 5.41 Å². The highest BCUT2D eigenvalue weighted by Gasteiger charge is 2.34. The van der Waals surface area contributed by atoms with E-state index < -0.39 is 11.4 Å². The van der Waals surface area contributed by atoms with Gasteiger partial charge in [-0.1, -0.05) is 6.07 Å². The molecule has 1 unspecified atom stereocenters. The summed E-state index contributed by atoms with van der Waals surface area (Å²) in [5.41, 5.74) is 0.640. The molecule has 1 heterocycles. The minimum Gasteiger partial charge on any atom is -0.465 e. The molecule has 1 aliphatic heterocycles. The summed E-state index contributed by atoms with van der Waals surface area (Å²) in [5.74, 6) is -0.432. The average Bonchev–Trinajstić information content (AvgIpc) is 2.47. The second-order valence-electron chi connectivity index (χ2n) is 5.37. The zero-order valence-electron chi connectivity index (χ0n) is 12.3. The molecular weight excluding hydrogens is 292 g/mol. The summed E-state index contributed by atoms with van der Waals surface area (Å²) in [5, 5.41) is 6.13. The molecule has 0 radical (unpaired) electrons. The zero-order chi connectivity index (χ0) is 14.6. The maximum Gasteiger partial charge on any atom is 0.337 e. The van der Waals surface area contributed by atoms with Crippen molar-refractivity contribution in [3.63, 3.8) is 0 Å². The number of methoxy groups -OCH3 is 1. The molecule has 1 atom stereocenters. The van der Waals surface area contributed by atoms with Gasteiger partial charge in [0.05, 0.1) is 18.1 Å². The lowest BCUT2D eigenvalue weighted by Gasteiger charge is -2.32. The van der Waals surface area contributed by atoms with E-state index in [1.54, 1.807) is 24.3 Å². The van der Waals surface area contributed by atoms with Crippen molar-refractivity contribution in [2.45, 2.75) is 19.8 Å². The summed E-state index contributed by atoms with van der Waals surface area (Å²) in [6, 6.07) is 6.78. The molecule has 1 amide bonds. The molecule has 1 aromatic carbocycles.